The summed E-state index contributed by atoms with van der Waals surface area (Å²) in [5.74, 6) is 0.715. The topological polar surface area (TPSA) is 82.6 Å². The standard InChI is InChI=1S/C9H20N4O2S.HI/c1-4-6-11-9(10-3)12-7-8-13-16(14,15)5-2;/h4,13H,1,5-8H2,2-3H3,(H2,10,11,12);1H. The van der Waals surface area contributed by atoms with E-state index in [4.69, 9.17) is 0 Å². The van der Waals surface area contributed by atoms with Gasteiger partial charge in [0.15, 0.2) is 5.96 Å². The van der Waals surface area contributed by atoms with Crippen LogP contribution < -0.4 is 15.4 Å². The molecule has 8 heteroatoms. The van der Waals surface area contributed by atoms with Crippen molar-refractivity contribution >= 4 is 40.0 Å². The lowest BCUT2D eigenvalue weighted by Crippen LogP contribution is -2.41. The van der Waals surface area contributed by atoms with Crippen LogP contribution in [-0.4, -0.2) is 46.8 Å². The van der Waals surface area contributed by atoms with E-state index in [2.05, 4.69) is 26.9 Å². The van der Waals surface area contributed by atoms with Crippen molar-refractivity contribution in [1.29, 1.82) is 0 Å². The van der Waals surface area contributed by atoms with Crippen LogP contribution in [0.25, 0.3) is 0 Å². The number of hydrogen-bond donors (Lipinski definition) is 3. The highest BCUT2D eigenvalue weighted by Crippen LogP contribution is 1.79. The second-order valence-corrected chi connectivity index (χ2v) is 5.06. The predicted octanol–water partition coefficient (Wildman–Crippen LogP) is -0.105. The maximum absolute atomic E-state index is 11.1. The SMILES string of the molecule is C=CCNC(=NC)NCCNS(=O)(=O)CC.I. The molecule has 0 bridgehead atoms. The first-order valence-electron chi connectivity index (χ1n) is 5.08. The third-order valence-electron chi connectivity index (χ3n) is 1.76. The van der Waals surface area contributed by atoms with Gasteiger partial charge in [0.05, 0.1) is 5.75 Å². The van der Waals surface area contributed by atoms with Crippen molar-refractivity contribution in [1.82, 2.24) is 15.4 Å². The Bertz CT molecular complexity index is 330. The lowest BCUT2D eigenvalue weighted by Gasteiger charge is -2.10. The largest absolute Gasteiger partial charge is 0.355 e. The van der Waals surface area contributed by atoms with Crippen LogP contribution in [0.4, 0.5) is 0 Å². The zero-order chi connectivity index (χ0) is 12.4. The van der Waals surface area contributed by atoms with Gasteiger partial charge in [-0.3, -0.25) is 4.99 Å². The Morgan fingerprint density at radius 2 is 2.00 bits per heavy atom. The molecular formula is C9H21IN4O2S. The normalized spacial score (nSPS) is 11.5. The second-order valence-electron chi connectivity index (χ2n) is 2.97. The molecule has 102 valence electrons. The van der Waals surface area contributed by atoms with E-state index in [-0.39, 0.29) is 29.7 Å². The Kier molecular flexibility index (Phi) is 12.1. The molecule has 17 heavy (non-hydrogen) atoms. The van der Waals surface area contributed by atoms with Gasteiger partial charge in [-0.2, -0.15) is 0 Å². The Labute approximate surface area is 120 Å². The van der Waals surface area contributed by atoms with Crippen LogP contribution in [0, 0.1) is 0 Å². The van der Waals surface area contributed by atoms with Crippen LogP contribution in [0.2, 0.25) is 0 Å². The first-order valence-corrected chi connectivity index (χ1v) is 6.73. The van der Waals surface area contributed by atoms with Gasteiger partial charge in [0.1, 0.15) is 0 Å². The fourth-order valence-corrected chi connectivity index (χ4v) is 1.50. The van der Waals surface area contributed by atoms with E-state index in [9.17, 15) is 8.42 Å². The molecule has 0 saturated heterocycles. The molecule has 0 atom stereocenters. The predicted molar refractivity (Wildman–Crippen MR) is 82.4 cm³/mol. The van der Waals surface area contributed by atoms with Crippen molar-refractivity contribution in [2.75, 3.05) is 32.4 Å². The minimum atomic E-state index is -3.11. The molecule has 0 aromatic heterocycles. The van der Waals surface area contributed by atoms with Crippen molar-refractivity contribution in [2.45, 2.75) is 6.92 Å². The lowest BCUT2D eigenvalue weighted by atomic mass is 10.6. The number of nitrogens with one attached hydrogen (secondary N) is 3. The maximum atomic E-state index is 11.1. The summed E-state index contributed by atoms with van der Waals surface area (Å²) in [7, 11) is -1.46. The molecule has 0 aliphatic carbocycles. The van der Waals surface area contributed by atoms with Crippen LogP contribution in [0.5, 0.6) is 0 Å². The average Bonchev–Trinajstić information content (AvgIpc) is 2.28. The first kappa shape index (κ1) is 19.0. The van der Waals surface area contributed by atoms with Gasteiger partial charge in [-0.15, -0.1) is 30.6 Å². The van der Waals surface area contributed by atoms with E-state index in [1.165, 1.54) is 0 Å². The average molecular weight is 376 g/mol. The van der Waals surface area contributed by atoms with Gasteiger partial charge in [0, 0.05) is 26.7 Å². The highest BCUT2D eigenvalue weighted by Gasteiger charge is 2.04. The monoisotopic (exact) mass is 376 g/mol. The summed E-state index contributed by atoms with van der Waals surface area (Å²) in [4.78, 5) is 3.95. The fourth-order valence-electron chi connectivity index (χ4n) is 0.879. The summed E-state index contributed by atoms with van der Waals surface area (Å²) in [6.07, 6.45) is 1.71. The molecule has 0 aromatic carbocycles. The summed E-state index contributed by atoms with van der Waals surface area (Å²) in [6.45, 7) is 6.60. The minimum Gasteiger partial charge on any atom is -0.355 e. The van der Waals surface area contributed by atoms with E-state index in [1.807, 2.05) is 0 Å². The van der Waals surface area contributed by atoms with E-state index in [1.54, 1.807) is 20.0 Å². The van der Waals surface area contributed by atoms with E-state index < -0.39 is 10.0 Å². The lowest BCUT2D eigenvalue weighted by molar-refractivity contribution is 0.582. The summed E-state index contributed by atoms with van der Waals surface area (Å²) < 4.78 is 24.6. The molecule has 6 nitrogen and oxygen atoms in total. The highest BCUT2D eigenvalue weighted by atomic mass is 127. The molecule has 0 rings (SSSR count). The van der Waals surface area contributed by atoms with Crippen LogP contribution in [-0.2, 0) is 10.0 Å². The third-order valence-corrected chi connectivity index (χ3v) is 3.16. The van der Waals surface area contributed by atoms with Gasteiger partial charge in [0.2, 0.25) is 10.0 Å². The van der Waals surface area contributed by atoms with Crippen molar-refractivity contribution in [3.05, 3.63) is 12.7 Å². The van der Waals surface area contributed by atoms with Crippen LogP contribution in [0.15, 0.2) is 17.6 Å². The number of sulfonamides is 1. The van der Waals surface area contributed by atoms with Crippen molar-refractivity contribution in [3.63, 3.8) is 0 Å². The number of aliphatic imine (C=N–C) groups is 1. The van der Waals surface area contributed by atoms with Crippen LogP contribution >= 0.6 is 24.0 Å². The van der Waals surface area contributed by atoms with Crippen molar-refractivity contribution in [3.8, 4) is 0 Å². The van der Waals surface area contributed by atoms with Crippen molar-refractivity contribution < 1.29 is 8.42 Å². The number of guanidine groups is 1. The molecule has 0 aliphatic heterocycles. The maximum Gasteiger partial charge on any atom is 0.211 e. The molecule has 0 unspecified atom stereocenters. The van der Waals surface area contributed by atoms with Gasteiger partial charge < -0.3 is 10.6 Å². The number of halogens is 1. The Balaban J connectivity index is 0. The highest BCUT2D eigenvalue weighted by molar-refractivity contribution is 14.0. The summed E-state index contributed by atoms with van der Waals surface area (Å²) in [6, 6.07) is 0. The first-order chi connectivity index (χ1) is 7.55. The number of rotatable bonds is 7. The molecule has 0 radical (unpaired) electrons. The molecular weight excluding hydrogens is 355 g/mol. The van der Waals surface area contributed by atoms with Gasteiger partial charge in [-0.05, 0) is 6.92 Å². The second kappa shape index (κ2) is 10.8. The Morgan fingerprint density at radius 3 is 2.47 bits per heavy atom. The molecule has 0 aromatic rings. The zero-order valence-corrected chi connectivity index (χ0v) is 13.3. The van der Waals surface area contributed by atoms with Gasteiger partial charge in [0.25, 0.3) is 0 Å². The molecule has 3 N–H and O–H groups in total. The Hall–Kier alpha value is -0.350. The van der Waals surface area contributed by atoms with E-state index >= 15 is 0 Å². The molecule has 0 heterocycles. The number of nitrogens with zero attached hydrogens (tertiary/aromatic N) is 1. The molecule has 0 spiro atoms. The summed E-state index contributed by atoms with van der Waals surface area (Å²) >= 11 is 0. The molecule has 0 amide bonds. The number of hydrogen-bond acceptors (Lipinski definition) is 3. The third kappa shape index (κ3) is 10.5. The Morgan fingerprint density at radius 1 is 1.35 bits per heavy atom. The van der Waals surface area contributed by atoms with Crippen LogP contribution in [0.3, 0.4) is 0 Å². The van der Waals surface area contributed by atoms with Gasteiger partial charge in [-0.25, -0.2) is 13.1 Å². The zero-order valence-electron chi connectivity index (χ0n) is 10.2. The van der Waals surface area contributed by atoms with Crippen molar-refractivity contribution in [2.24, 2.45) is 4.99 Å². The smallest absolute Gasteiger partial charge is 0.211 e. The molecule has 0 fully saturated rings. The fraction of sp³-hybridized carbons (Fsp3) is 0.667. The van der Waals surface area contributed by atoms with Gasteiger partial charge >= 0.3 is 0 Å². The van der Waals surface area contributed by atoms with E-state index in [0.717, 1.165) is 0 Å². The minimum absolute atomic E-state index is 0. The summed E-state index contributed by atoms with van der Waals surface area (Å²) in [5.41, 5.74) is 0. The van der Waals surface area contributed by atoms with Gasteiger partial charge in [-0.1, -0.05) is 6.08 Å². The summed E-state index contributed by atoms with van der Waals surface area (Å²) in [5, 5.41) is 5.94. The molecule has 0 saturated carbocycles. The molecule has 0 aliphatic rings. The van der Waals surface area contributed by atoms with E-state index in [0.29, 0.717) is 25.6 Å². The van der Waals surface area contributed by atoms with Crippen LogP contribution in [0.1, 0.15) is 6.92 Å². The quantitative estimate of drug-likeness (QED) is 0.191.